The topological polar surface area (TPSA) is 105 Å². The third-order valence-corrected chi connectivity index (χ3v) is 2.79. The molecule has 116 valence electrons. The highest BCUT2D eigenvalue weighted by Gasteiger charge is 2.14. The Labute approximate surface area is 124 Å². The number of amides is 3. The molecule has 1 aromatic carbocycles. The van der Waals surface area contributed by atoms with E-state index in [-0.39, 0.29) is 5.91 Å². The maximum atomic E-state index is 11.8. The number of hydrogen-bond acceptors (Lipinski definition) is 4. The Morgan fingerprint density at radius 1 is 1.29 bits per heavy atom. The Balaban J connectivity index is 2.39. The summed E-state index contributed by atoms with van der Waals surface area (Å²) in [4.78, 5) is 23.4. The number of hydrogen-bond donors (Lipinski definition) is 4. The van der Waals surface area contributed by atoms with Gasteiger partial charge in [-0.1, -0.05) is 12.1 Å². The summed E-state index contributed by atoms with van der Waals surface area (Å²) in [5.74, 6) is -0.263. The smallest absolute Gasteiger partial charge is 0.319 e. The molecule has 0 aliphatic heterocycles. The lowest BCUT2D eigenvalue weighted by atomic mass is 10.2. The van der Waals surface area contributed by atoms with Gasteiger partial charge in [0.25, 0.3) is 0 Å². The van der Waals surface area contributed by atoms with Crippen LogP contribution >= 0.6 is 0 Å². The number of nitrogens with two attached hydrogens (primary N) is 1. The van der Waals surface area contributed by atoms with E-state index in [1.807, 2.05) is 12.1 Å². The minimum Gasteiger partial charge on any atom is -0.383 e. The number of ether oxygens (including phenoxy) is 1. The lowest BCUT2D eigenvalue weighted by molar-refractivity contribution is -0.122. The molecule has 1 atom stereocenters. The van der Waals surface area contributed by atoms with Crippen molar-refractivity contribution in [2.45, 2.75) is 19.5 Å². The lowest BCUT2D eigenvalue weighted by Gasteiger charge is -2.14. The van der Waals surface area contributed by atoms with Crippen LogP contribution in [0.4, 0.5) is 10.5 Å². The van der Waals surface area contributed by atoms with Gasteiger partial charge in [0.15, 0.2) is 0 Å². The van der Waals surface area contributed by atoms with E-state index < -0.39 is 12.1 Å². The first-order valence-electron chi connectivity index (χ1n) is 6.70. The maximum Gasteiger partial charge on any atom is 0.319 e. The lowest BCUT2D eigenvalue weighted by Crippen LogP contribution is -2.46. The van der Waals surface area contributed by atoms with Crippen LogP contribution in [0.3, 0.4) is 0 Å². The van der Waals surface area contributed by atoms with Gasteiger partial charge in [0, 0.05) is 25.9 Å². The van der Waals surface area contributed by atoms with E-state index in [1.165, 1.54) is 0 Å². The quantitative estimate of drug-likeness (QED) is 0.547. The van der Waals surface area contributed by atoms with E-state index in [0.29, 0.717) is 25.4 Å². The molecule has 0 saturated carbocycles. The molecule has 0 fully saturated rings. The van der Waals surface area contributed by atoms with Crippen LogP contribution in [0.5, 0.6) is 0 Å². The van der Waals surface area contributed by atoms with Crippen molar-refractivity contribution in [1.29, 1.82) is 0 Å². The Morgan fingerprint density at radius 2 is 1.95 bits per heavy atom. The number of urea groups is 1. The zero-order valence-corrected chi connectivity index (χ0v) is 12.3. The zero-order chi connectivity index (χ0) is 15.7. The highest BCUT2D eigenvalue weighted by atomic mass is 16.5. The summed E-state index contributed by atoms with van der Waals surface area (Å²) < 4.78 is 4.83. The predicted octanol–water partition coefficient (Wildman–Crippen LogP) is 0.418. The van der Waals surface area contributed by atoms with Crippen LogP contribution in [-0.4, -0.2) is 38.2 Å². The summed E-state index contributed by atoms with van der Waals surface area (Å²) in [5, 5.41) is 7.85. The Kier molecular flexibility index (Phi) is 7.20. The molecule has 0 bridgehead atoms. The Hall–Kier alpha value is -2.12. The highest BCUT2D eigenvalue weighted by Crippen LogP contribution is 2.08. The number of carbonyl (C=O) groups is 2. The van der Waals surface area contributed by atoms with Crippen LogP contribution in [0.2, 0.25) is 0 Å². The molecule has 0 radical (unpaired) electrons. The summed E-state index contributed by atoms with van der Waals surface area (Å²) in [7, 11) is 1.55. The van der Waals surface area contributed by atoms with E-state index in [9.17, 15) is 9.59 Å². The van der Waals surface area contributed by atoms with Crippen molar-refractivity contribution < 1.29 is 14.3 Å². The largest absolute Gasteiger partial charge is 0.383 e. The summed E-state index contributed by atoms with van der Waals surface area (Å²) in [6, 6.07) is 6.10. The van der Waals surface area contributed by atoms with E-state index in [4.69, 9.17) is 10.5 Å². The average Bonchev–Trinajstić information content (AvgIpc) is 2.48. The number of nitrogens with one attached hydrogen (secondary N) is 3. The third kappa shape index (κ3) is 6.24. The van der Waals surface area contributed by atoms with E-state index in [1.54, 1.807) is 26.2 Å². The number of benzene rings is 1. The number of carbonyl (C=O) groups excluding carboxylic acids is 2. The van der Waals surface area contributed by atoms with Crippen molar-refractivity contribution in [2.75, 3.05) is 25.6 Å². The number of anilines is 1. The van der Waals surface area contributed by atoms with E-state index >= 15 is 0 Å². The predicted molar refractivity (Wildman–Crippen MR) is 80.8 cm³/mol. The summed E-state index contributed by atoms with van der Waals surface area (Å²) in [5.41, 5.74) is 7.11. The van der Waals surface area contributed by atoms with Gasteiger partial charge in [-0.05, 0) is 24.6 Å². The van der Waals surface area contributed by atoms with Gasteiger partial charge >= 0.3 is 6.03 Å². The second kappa shape index (κ2) is 8.93. The normalized spacial score (nSPS) is 11.6. The van der Waals surface area contributed by atoms with Gasteiger partial charge in [-0.15, -0.1) is 0 Å². The standard InChI is InChI=1S/C14H22N4O3/c1-10(13(19)16-7-8-21-2)17-14(20)18-12-5-3-11(9-15)4-6-12/h3-6,10H,7-9,15H2,1-2H3,(H,16,19)(H2,17,18,20). The average molecular weight is 294 g/mol. The maximum absolute atomic E-state index is 11.8. The van der Waals surface area contributed by atoms with Gasteiger partial charge in [0.05, 0.1) is 6.61 Å². The molecule has 21 heavy (non-hydrogen) atoms. The minimum atomic E-state index is -0.634. The molecule has 0 aliphatic rings. The molecule has 0 spiro atoms. The third-order valence-electron chi connectivity index (χ3n) is 2.79. The van der Waals surface area contributed by atoms with Gasteiger partial charge < -0.3 is 26.4 Å². The zero-order valence-electron chi connectivity index (χ0n) is 12.3. The highest BCUT2D eigenvalue weighted by molar-refractivity contribution is 5.93. The van der Waals surface area contributed by atoms with Crippen molar-refractivity contribution in [2.24, 2.45) is 5.73 Å². The molecule has 7 heteroatoms. The molecule has 7 nitrogen and oxygen atoms in total. The summed E-state index contributed by atoms with van der Waals surface area (Å²) in [6.45, 7) is 2.89. The van der Waals surface area contributed by atoms with Gasteiger partial charge in [-0.2, -0.15) is 0 Å². The van der Waals surface area contributed by atoms with Gasteiger partial charge in [0.2, 0.25) is 5.91 Å². The Bertz CT molecular complexity index is 462. The number of methoxy groups -OCH3 is 1. The van der Waals surface area contributed by atoms with Crippen molar-refractivity contribution in [1.82, 2.24) is 10.6 Å². The summed E-state index contributed by atoms with van der Waals surface area (Å²) >= 11 is 0. The molecule has 0 heterocycles. The van der Waals surface area contributed by atoms with Crippen LogP contribution in [0, 0.1) is 0 Å². The molecule has 1 rings (SSSR count). The molecular formula is C14H22N4O3. The van der Waals surface area contributed by atoms with Crippen LogP contribution in [-0.2, 0) is 16.1 Å². The van der Waals surface area contributed by atoms with Crippen LogP contribution < -0.4 is 21.7 Å². The second-order valence-electron chi connectivity index (χ2n) is 4.51. The van der Waals surface area contributed by atoms with Gasteiger partial charge in [-0.25, -0.2) is 4.79 Å². The molecule has 3 amide bonds. The molecule has 0 aromatic heterocycles. The fourth-order valence-electron chi connectivity index (χ4n) is 1.58. The van der Waals surface area contributed by atoms with Crippen molar-refractivity contribution in [3.8, 4) is 0 Å². The first-order chi connectivity index (χ1) is 10.1. The van der Waals surface area contributed by atoms with Crippen molar-refractivity contribution in [3.05, 3.63) is 29.8 Å². The van der Waals surface area contributed by atoms with Crippen LogP contribution in [0.1, 0.15) is 12.5 Å². The number of rotatable bonds is 7. The molecule has 1 aromatic rings. The first-order valence-corrected chi connectivity index (χ1v) is 6.70. The monoisotopic (exact) mass is 294 g/mol. The minimum absolute atomic E-state index is 0.263. The molecular weight excluding hydrogens is 272 g/mol. The summed E-state index contributed by atoms with van der Waals surface area (Å²) in [6.07, 6.45) is 0. The van der Waals surface area contributed by atoms with Gasteiger partial charge in [0.1, 0.15) is 6.04 Å². The Morgan fingerprint density at radius 3 is 2.52 bits per heavy atom. The fourth-order valence-corrected chi connectivity index (χ4v) is 1.58. The van der Waals surface area contributed by atoms with E-state index in [2.05, 4.69) is 16.0 Å². The molecule has 0 aliphatic carbocycles. The van der Waals surface area contributed by atoms with Gasteiger partial charge in [-0.3, -0.25) is 4.79 Å². The SMILES string of the molecule is COCCNC(=O)C(C)NC(=O)Nc1ccc(CN)cc1. The molecule has 5 N–H and O–H groups in total. The van der Waals surface area contributed by atoms with E-state index in [0.717, 1.165) is 5.56 Å². The second-order valence-corrected chi connectivity index (χ2v) is 4.51. The van der Waals surface area contributed by atoms with Crippen LogP contribution in [0.25, 0.3) is 0 Å². The van der Waals surface area contributed by atoms with Crippen molar-refractivity contribution in [3.63, 3.8) is 0 Å². The molecule has 0 saturated heterocycles. The molecule has 1 unspecified atom stereocenters. The van der Waals surface area contributed by atoms with Crippen LogP contribution in [0.15, 0.2) is 24.3 Å². The first kappa shape index (κ1) is 16.9. The van der Waals surface area contributed by atoms with Crippen molar-refractivity contribution >= 4 is 17.6 Å². The fraction of sp³-hybridized carbons (Fsp3) is 0.429.